The van der Waals surface area contributed by atoms with Crippen molar-refractivity contribution < 1.29 is 0 Å². The van der Waals surface area contributed by atoms with Crippen molar-refractivity contribution in [2.24, 2.45) is 13.0 Å². The predicted molar refractivity (Wildman–Crippen MR) is 81.7 cm³/mol. The first-order chi connectivity index (χ1) is 10.1. The highest BCUT2D eigenvalue weighted by Crippen LogP contribution is 2.47. The highest BCUT2D eigenvalue weighted by atomic mass is 15.4. The fourth-order valence-corrected chi connectivity index (χ4v) is 4.45. The molecule has 0 aromatic carbocycles. The summed E-state index contributed by atoms with van der Waals surface area (Å²) >= 11 is 0. The summed E-state index contributed by atoms with van der Waals surface area (Å²) in [5.41, 5.74) is 0.660. The number of nitrogens with one attached hydrogen (secondary N) is 1. The molecule has 1 atom stereocenters. The molecule has 2 saturated carbocycles. The fourth-order valence-electron chi connectivity index (χ4n) is 4.45. The van der Waals surface area contributed by atoms with Crippen LogP contribution in [-0.2, 0) is 13.6 Å². The Morgan fingerprint density at radius 1 is 1.33 bits per heavy atom. The van der Waals surface area contributed by atoms with Gasteiger partial charge in [-0.05, 0) is 38.5 Å². The Labute approximate surface area is 127 Å². The van der Waals surface area contributed by atoms with Gasteiger partial charge in [0.05, 0.1) is 6.54 Å². The lowest BCUT2D eigenvalue weighted by Gasteiger charge is -2.52. The lowest BCUT2D eigenvalue weighted by atomic mass is 9.83. The summed E-state index contributed by atoms with van der Waals surface area (Å²) < 4.78 is 1.93. The van der Waals surface area contributed by atoms with Crippen LogP contribution in [0, 0.1) is 5.92 Å². The SMILES string of the molecule is Cn1ncnc1CN1CC2(CCCC2)NCC1(C)C1CC1. The van der Waals surface area contributed by atoms with Crippen LogP contribution in [0.4, 0.5) is 0 Å². The van der Waals surface area contributed by atoms with E-state index >= 15 is 0 Å². The predicted octanol–water partition coefficient (Wildman–Crippen LogP) is 1.70. The second-order valence-corrected chi connectivity index (χ2v) is 7.63. The van der Waals surface area contributed by atoms with Crippen molar-refractivity contribution in [1.82, 2.24) is 25.0 Å². The molecule has 3 aliphatic rings. The standard InChI is InChI=1S/C16H27N5/c1-15(13-5-6-13)10-18-16(7-3-4-8-16)11-21(15)9-14-17-12-19-20(14)2/h12-13,18H,3-11H2,1-2H3. The van der Waals surface area contributed by atoms with Gasteiger partial charge in [-0.25, -0.2) is 4.98 Å². The summed E-state index contributed by atoms with van der Waals surface area (Å²) in [5.74, 6) is 1.95. The third-order valence-corrected chi connectivity index (χ3v) is 6.19. The van der Waals surface area contributed by atoms with E-state index in [4.69, 9.17) is 0 Å². The molecule has 0 radical (unpaired) electrons. The molecular formula is C16H27N5. The second-order valence-electron chi connectivity index (χ2n) is 7.63. The van der Waals surface area contributed by atoms with Crippen molar-refractivity contribution in [3.8, 4) is 0 Å². The van der Waals surface area contributed by atoms with Crippen molar-refractivity contribution in [2.45, 2.75) is 63.1 Å². The third-order valence-electron chi connectivity index (χ3n) is 6.19. The topological polar surface area (TPSA) is 46.0 Å². The van der Waals surface area contributed by atoms with Crippen molar-refractivity contribution in [3.05, 3.63) is 12.2 Å². The number of hydrogen-bond acceptors (Lipinski definition) is 4. The molecule has 21 heavy (non-hydrogen) atoms. The van der Waals surface area contributed by atoms with Crippen LogP contribution >= 0.6 is 0 Å². The largest absolute Gasteiger partial charge is 0.308 e. The van der Waals surface area contributed by atoms with Crippen LogP contribution in [0.15, 0.2) is 6.33 Å². The zero-order chi connectivity index (χ0) is 14.5. The first-order valence-corrected chi connectivity index (χ1v) is 8.44. The zero-order valence-electron chi connectivity index (χ0n) is 13.3. The lowest BCUT2D eigenvalue weighted by Crippen LogP contribution is -2.68. The second kappa shape index (κ2) is 4.78. The Hall–Kier alpha value is -0.940. The Bertz CT molecular complexity index is 514. The molecule has 0 amide bonds. The molecule has 5 nitrogen and oxygen atoms in total. The van der Waals surface area contributed by atoms with E-state index in [1.54, 1.807) is 6.33 Å². The molecule has 1 spiro atoms. The first-order valence-electron chi connectivity index (χ1n) is 8.44. The van der Waals surface area contributed by atoms with Gasteiger partial charge in [-0.15, -0.1) is 0 Å². The van der Waals surface area contributed by atoms with E-state index in [1.165, 1.54) is 45.1 Å². The molecule has 2 heterocycles. The Morgan fingerprint density at radius 3 is 2.71 bits per heavy atom. The van der Waals surface area contributed by atoms with Crippen LogP contribution in [-0.4, -0.2) is 43.8 Å². The molecule has 1 aromatic rings. The number of aromatic nitrogens is 3. The van der Waals surface area contributed by atoms with Gasteiger partial charge < -0.3 is 5.32 Å². The number of piperazine rings is 1. The molecule has 3 fully saturated rings. The van der Waals surface area contributed by atoms with Crippen LogP contribution < -0.4 is 5.32 Å². The van der Waals surface area contributed by atoms with Gasteiger partial charge in [0.2, 0.25) is 0 Å². The van der Waals surface area contributed by atoms with E-state index in [0.29, 0.717) is 11.1 Å². The minimum Gasteiger partial charge on any atom is -0.308 e. The lowest BCUT2D eigenvalue weighted by molar-refractivity contribution is -0.00621. The summed E-state index contributed by atoms with van der Waals surface area (Å²) in [5, 5.41) is 8.19. The van der Waals surface area contributed by atoms with Gasteiger partial charge in [0, 0.05) is 31.2 Å². The van der Waals surface area contributed by atoms with E-state index < -0.39 is 0 Å². The monoisotopic (exact) mass is 289 g/mol. The summed E-state index contributed by atoms with van der Waals surface area (Å²) in [6.45, 7) is 5.70. The molecule has 1 aromatic heterocycles. The van der Waals surface area contributed by atoms with E-state index in [2.05, 4.69) is 27.2 Å². The number of nitrogens with zero attached hydrogens (tertiary/aromatic N) is 4. The Kier molecular flexibility index (Phi) is 3.12. The molecule has 4 rings (SSSR count). The number of aryl methyl sites for hydroxylation is 1. The van der Waals surface area contributed by atoms with Gasteiger partial charge in [-0.3, -0.25) is 9.58 Å². The average Bonchev–Trinajstić information content (AvgIpc) is 3.13. The summed E-state index contributed by atoms with van der Waals surface area (Å²) in [7, 11) is 2.00. The number of hydrogen-bond donors (Lipinski definition) is 1. The van der Waals surface area contributed by atoms with E-state index in [9.17, 15) is 0 Å². The van der Waals surface area contributed by atoms with Gasteiger partial charge in [0.1, 0.15) is 12.2 Å². The van der Waals surface area contributed by atoms with Gasteiger partial charge in [-0.2, -0.15) is 5.10 Å². The fraction of sp³-hybridized carbons (Fsp3) is 0.875. The normalized spacial score (nSPS) is 32.9. The van der Waals surface area contributed by atoms with Crippen molar-refractivity contribution in [1.29, 1.82) is 0 Å². The molecule has 1 aliphatic heterocycles. The summed E-state index contributed by atoms with van der Waals surface area (Å²) in [6, 6.07) is 0. The highest BCUT2D eigenvalue weighted by Gasteiger charge is 2.52. The van der Waals surface area contributed by atoms with Crippen molar-refractivity contribution >= 4 is 0 Å². The molecule has 1 saturated heterocycles. The molecular weight excluding hydrogens is 262 g/mol. The van der Waals surface area contributed by atoms with Gasteiger partial charge >= 0.3 is 0 Å². The van der Waals surface area contributed by atoms with Gasteiger partial charge in [0.25, 0.3) is 0 Å². The van der Waals surface area contributed by atoms with Crippen molar-refractivity contribution in [3.63, 3.8) is 0 Å². The van der Waals surface area contributed by atoms with Gasteiger partial charge in [-0.1, -0.05) is 12.8 Å². The third kappa shape index (κ3) is 2.30. The van der Waals surface area contributed by atoms with Crippen LogP contribution in [0.3, 0.4) is 0 Å². The first kappa shape index (κ1) is 13.7. The van der Waals surface area contributed by atoms with Crippen LogP contribution in [0.1, 0.15) is 51.3 Å². The van der Waals surface area contributed by atoms with Crippen LogP contribution in [0.5, 0.6) is 0 Å². The maximum Gasteiger partial charge on any atom is 0.140 e. The maximum absolute atomic E-state index is 4.46. The Morgan fingerprint density at radius 2 is 2.10 bits per heavy atom. The van der Waals surface area contributed by atoms with Crippen LogP contribution in [0.2, 0.25) is 0 Å². The van der Waals surface area contributed by atoms with Gasteiger partial charge in [0.15, 0.2) is 0 Å². The average molecular weight is 289 g/mol. The summed E-state index contributed by atoms with van der Waals surface area (Å²) in [4.78, 5) is 7.18. The van der Waals surface area contributed by atoms with Crippen LogP contribution in [0.25, 0.3) is 0 Å². The number of rotatable bonds is 3. The maximum atomic E-state index is 4.46. The van der Waals surface area contributed by atoms with Crippen molar-refractivity contribution in [2.75, 3.05) is 13.1 Å². The summed E-state index contributed by atoms with van der Waals surface area (Å²) in [6.07, 6.45) is 9.89. The molecule has 0 bridgehead atoms. The molecule has 1 unspecified atom stereocenters. The minimum atomic E-state index is 0.291. The molecule has 1 N–H and O–H groups in total. The van der Waals surface area contributed by atoms with E-state index in [-0.39, 0.29) is 0 Å². The smallest absolute Gasteiger partial charge is 0.140 e. The molecule has 5 heteroatoms. The van der Waals surface area contributed by atoms with E-state index in [0.717, 1.165) is 24.8 Å². The highest BCUT2D eigenvalue weighted by molar-refractivity contribution is 5.11. The molecule has 2 aliphatic carbocycles. The molecule has 116 valence electrons. The van der Waals surface area contributed by atoms with E-state index in [1.807, 2.05) is 11.7 Å². The minimum absolute atomic E-state index is 0.291. The Balaban J connectivity index is 1.59. The zero-order valence-corrected chi connectivity index (χ0v) is 13.3. The quantitative estimate of drug-likeness (QED) is 0.920.